The molecule has 0 aliphatic rings. The lowest BCUT2D eigenvalue weighted by Crippen LogP contribution is -2.22. The van der Waals surface area contributed by atoms with E-state index in [0.717, 1.165) is 28.4 Å². The summed E-state index contributed by atoms with van der Waals surface area (Å²) in [4.78, 5) is 0. The van der Waals surface area contributed by atoms with Crippen LogP contribution < -0.4 is 0 Å². The summed E-state index contributed by atoms with van der Waals surface area (Å²) in [5.41, 5.74) is 2.31. The van der Waals surface area contributed by atoms with Crippen molar-refractivity contribution in [2.45, 2.75) is 39.3 Å². The first-order chi connectivity index (χ1) is 10.3. The second-order valence-electron chi connectivity index (χ2n) is 6.68. The second-order valence-corrected chi connectivity index (χ2v) is 13.2. The molecule has 0 amide bonds. The summed E-state index contributed by atoms with van der Waals surface area (Å²) in [6, 6.07) is 6.16. The first-order valence-electron chi connectivity index (χ1n) is 7.33. The topological polar surface area (TPSA) is 27.1 Å². The zero-order chi connectivity index (χ0) is 16.3. The molecular formula is C16H22BrFN2OSi. The average molecular weight is 385 g/mol. The summed E-state index contributed by atoms with van der Waals surface area (Å²) in [6.07, 6.45) is 1.89. The van der Waals surface area contributed by atoms with E-state index >= 15 is 0 Å². The maximum absolute atomic E-state index is 13.4. The quantitative estimate of drug-likeness (QED) is 0.513. The third-order valence-electron chi connectivity index (χ3n) is 3.37. The fraction of sp³-hybridized carbons (Fsp3) is 0.438. The number of aryl methyl sites for hydroxylation is 1. The highest BCUT2D eigenvalue weighted by Gasteiger charge is 2.13. The molecule has 1 aromatic heterocycles. The third-order valence-corrected chi connectivity index (χ3v) is 5.65. The molecule has 1 aromatic carbocycles. The molecular weight excluding hydrogens is 363 g/mol. The highest BCUT2D eigenvalue weighted by atomic mass is 79.9. The Kier molecular flexibility index (Phi) is 5.58. The van der Waals surface area contributed by atoms with Crippen LogP contribution in [-0.4, -0.2) is 24.5 Å². The van der Waals surface area contributed by atoms with Gasteiger partial charge in [0.1, 0.15) is 18.2 Å². The van der Waals surface area contributed by atoms with Crippen molar-refractivity contribution in [3.05, 3.63) is 40.2 Å². The number of benzene rings is 1. The van der Waals surface area contributed by atoms with Crippen LogP contribution in [0.4, 0.5) is 4.39 Å². The summed E-state index contributed by atoms with van der Waals surface area (Å²) >= 11 is 3.51. The average Bonchev–Trinajstić information content (AvgIpc) is 2.78. The number of rotatable bonds is 6. The maximum atomic E-state index is 13.4. The largest absolute Gasteiger partial charge is 0.360 e. The summed E-state index contributed by atoms with van der Waals surface area (Å²) in [7, 11) is -1.06. The molecule has 0 bridgehead atoms. The number of halogens is 2. The Morgan fingerprint density at radius 3 is 2.68 bits per heavy atom. The van der Waals surface area contributed by atoms with Gasteiger partial charge in [0, 0.05) is 26.4 Å². The zero-order valence-corrected chi connectivity index (χ0v) is 16.1. The van der Waals surface area contributed by atoms with Crippen LogP contribution >= 0.6 is 15.9 Å². The number of hydrogen-bond donors (Lipinski definition) is 0. The molecule has 1 heterocycles. The van der Waals surface area contributed by atoms with Crippen LogP contribution in [-0.2, 0) is 11.5 Å². The van der Waals surface area contributed by atoms with Crippen molar-refractivity contribution in [1.82, 2.24) is 9.78 Å². The Labute approximate surface area is 140 Å². The van der Waals surface area contributed by atoms with Crippen LogP contribution in [0.1, 0.15) is 5.56 Å². The number of aromatic nitrogens is 2. The minimum atomic E-state index is -1.06. The lowest BCUT2D eigenvalue weighted by atomic mass is 10.1. The zero-order valence-electron chi connectivity index (χ0n) is 13.5. The predicted octanol–water partition coefficient (Wildman–Crippen LogP) is 5.07. The second kappa shape index (κ2) is 7.06. The van der Waals surface area contributed by atoms with Gasteiger partial charge in [-0.25, -0.2) is 9.07 Å². The van der Waals surface area contributed by atoms with E-state index in [1.54, 1.807) is 23.7 Å². The van der Waals surface area contributed by atoms with Crippen molar-refractivity contribution >= 4 is 24.0 Å². The minimum absolute atomic E-state index is 0.200. The molecule has 2 rings (SSSR count). The smallest absolute Gasteiger partial charge is 0.139 e. The Balaban J connectivity index is 2.03. The van der Waals surface area contributed by atoms with Gasteiger partial charge in [-0.15, -0.1) is 0 Å². The first kappa shape index (κ1) is 17.4. The van der Waals surface area contributed by atoms with E-state index in [1.165, 1.54) is 6.07 Å². The van der Waals surface area contributed by atoms with E-state index < -0.39 is 8.07 Å². The monoisotopic (exact) mass is 384 g/mol. The van der Waals surface area contributed by atoms with Gasteiger partial charge in [0.05, 0.1) is 4.47 Å². The molecule has 0 aliphatic carbocycles. The lowest BCUT2D eigenvalue weighted by molar-refractivity contribution is 0.0787. The molecule has 0 unspecified atom stereocenters. The number of hydrogen-bond acceptors (Lipinski definition) is 2. The van der Waals surface area contributed by atoms with Crippen molar-refractivity contribution in [3.63, 3.8) is 0 Å². The molecule has 3 nitrogen and oxygen atoms in total. The number of nitrogens with zero attached hydrogens (tertiary/aromatic N) is 2. The minimum Gasteiger partial charge on any atom is -0.360 e. The first-order valence-corrected chi connectivity index (χ1v) is 11.8. The molecule has 0 spiro atoms. The molecule has 0 radical (unpaired) electrons. The van der Waals surface area contributed by atoms with Crippen LogP contribution in [0.25, 0.3) is 11.3 Å². The SMILES string of the molecule is Cc1cc(-c2nn(COCC[Si](C)(C)C)cc2Br)ccc1F. The molecule has 0 fully saturated rings. The van der Waals surface area contributed by atoms with Crippen LogP contribution in [0.5, 0.6) is 0 Å². The Morgan fingerprint density at radius 2 is 2.05 bits per heavy atom. The summed E-state index contributed by atoms with van der Waals surface area (Å²) in [5.74, 6) is -0.200. The molecule has 0 aliphatic heterocycles. The normalized spacial score (nSPS) is 11.9. The molecule has 0 N–H and O–H groups in total. The highest BCUT2D eigenvalue weighted by Crippen LogP contribution is 2.28. The predicted molar refractivity (Wildman–Crippen MR) is 94.2 cm³/mol. The lowest BCUT2D eigenvalue weighted by Gasteiger charge is -2.15. The van der Waals surface area contributed by atoms with Crippen molar-refractivity contribution in [2.24, 2.45) is 0 Å². The van der Waals surface area contributed by atoms with Gasteiger partial charge in [-0.1, -0.05) is 19.6 Å². The fourth-order valence-corrected chi connectivity index (χ4v) is 3.29. The van der Waals surface area contributed by atoms with Crippen LogP contribution in [0.2, 0.25) is 25.7 Å². The van der Waals surface area contributed by atoms with Crippen LogP contribution in [0, 0.1) is 12.7 Å². The Morgan fingerprint density at radius 1 is 1.32 bits per heavy atom. The molecule has 0 saturated heterocycles. The number of ether oxygens (including phenoxy) is 1. The summed E-state index contributed by atoms with van der Waals surface area (Å²) in [6.45, 7) is 9.94. The van der Waals surface area contributed by atoms with E-state index in [0.29, 0.717) is 12.3 Å². The molecule has 6 heteroatoms. The van der Waals surface area contributed by atoms with Gasteiger partial charge in [-0.05, 0) is 52.7 Å². The molecule has 0 saturated carbocycles. The van der Waals surface area contributed by atoms with E-state index in [9.17, 15) is 4.39 Å². The van der Waals surface area contributed by atoms with Gasteiger partial charge in [0.2, 0.25) is 0 Å². The van der Waals surface area contributed by atoms with Gasteiger partial charge < -0.3 is 4.74 Å². The maximum Gasteiger partial charge on any atom is 0.139 e. The van der Waals surface area contributed by atoms with Crippen LogP contribution in [0.15, 0.2) is 28.9 Å². The Hall–Kier alpha value is -0.983. The molecule has 0 atom stereocenters. The van der Waals surface area contributed by atoms with Crippen molar-refractivity contribution in [2.75, 3.05) is 6.61 Å². The molecule has 2 aromatic rings. The van der Waals surface area contributed by atoms with E-state index in [1.807, 2.05) is 6.20 Å². The highest BCUT2D eigenvalue weighted by molar-refractivity contribution is 9.10. The molecule has 22 heavy (non-hydrogen) atoms. The van der Waals surface area contributed by atoms with Gasteiger partial charge in [-0.3, -0.25) is 0 Å². The fourth-order valence-electron chi connectivity index (χ4n) is 1.99. The van der Waals surface area contributed by atoms with Crippen molar-refractivity contribution in [1.29, 1.82) is 0 Å². The van der Waals surface area contributed by atoms with Crippen LogP contribution in [0.3, 0.4) is 0 Å². The van der Waals surface area contributed by atoms with E-state index in [2.05, 4.69) is 40.7 Å². The Bertz CT molecular complexity index is 652. The van der Waals surface area contributed by atoms with Crippen molar-refractivity contribution < 1.29 is 9.13 Å². The summed E-state index contributed by atoms with van der Waals surface area (Å²) < 4.78 is 21.7. The van der Waals surface area contributed by atoms with Gasteiger partial charge in [-0.2, -0.15) is 5.10 Å². The van der Waals surface area contributed by atoms with E-state index in [4.69, 9.17) is 4.74 Å². The van der Waals surface area contributed by atoms with Gasteiger partial charge in [0.25, 0.3) is 0 Å². The standard InChI is InChI=1S/C16H22BrFN2OSi/c1-12-9-13(5-6-15(12)18)16-14(17)10-20(19-16)11-21-7-8-22(2,3)4/h5-6,9-10H,7-8,11H2,1-4H3. The summed E-state index contributed by atoms with van der Waals surface area (Å²) in [5, 5.41) is 4.52. The van der Waals surface area contributed by atoms with Gasteiger partial charge >= 0.3 is 0 Å². The van der Waals surface area contributed by atoms with Crippen molar-refractivity contribution in [3.8, 4) is 11.3 Å². The molecule has 120 valence electrons. The third kappa shape index (κ3) is 4.76. The van der Waals surface area contributed by atoms with Gasteiger partial charge in [0.15, 0.2) is 0 Å². The van der Waals surface area contributed by atoms with E-state index in [-0.39, 0.29) is 5.82 Å².